The molecule has 0 aromatic heterocycles. The van der Waals surface area contributed by atoms with Crippen LogP contribution in [0.3, 0.4) is 0 Å². The Bertz CT molecular complexity index is 355. The van der Waals surface area contributed by atoms with Crippen LogP contribution in [-0.2, 0) is 9.59 Å². The van der Waals surface area contributed by atoms with Gasteiger partial charge in [-0.15, -0.1) is 0 Å². The summed E-state index contributed by atoms with van der Waals surface area (Å²) in [6.45, 7) is 2.88. The molecule has 2 aliphatic heterocycles. The van der Waals surface area contributed by atoms with Gasteiger partial charge >= 0.3 is 17.8 Å². The zero-order valence-corrected chi connectivity index (χ0v) is 9.40. The number of urea groups is 1. The van der Waals surface area contributed by atoms with Crippen LogP contribution in [0.15, 0.2) is 0 Å². The highest BCUT2D eigenvalue weighted by Crippen LogP contribution is 2.22. The molecule has 1 N–H and O–H groups in total. The molecule has 0 spiro atoms. The van der Waals surface area contributed by atoms with Crippen molar-refractivity contribution in [1.29, 1.82) is 0 Å². The van der Waals surface area contributed by atoms with Gasteiger partial charge < -0.3 is 4.90 Å². The van der Waals surface area contributed by atoms with Crippen molar-refractivity contribution < 1.29 is 14.4 Å². The van der Waals surface area contributed by atoms with Crippen LogP contribution in [0.1, 0.15) is 19.8 Å². The third kappa shape index (κ3) is 1.69. The van der Waals surface area contributed by atoms with Gasteiger partial charge in [0.05, 0.1) is 0 Å². The van der Waals surface area contributed by atoms with E-state index in [0.29, 0.717) is 6.04 Å². The molecule has 6 heteroatoms. The largest absolute Gasteiger partial charge is 0.331 e. The highest BCUT2D eigenvalue weighted by molar-refractivity contribution is 6.44. The fraction of sp³-hybridized carbons (Fsp3) is 0.700. The van der Waals surface area contributed by atoms with Crippen LogP contribution < -0.4 is 5.32 Å². The zero-order valence-electron chi connectivity index (χ0n) is 9.40. The van der Waals surface area contributed by atoms with Crippen LogP contribution in [0.4, 0.5) is 4.79 Å². The summed E-state index contributed by atoms with van der Waals surface area (Å²) in [5.74, 6) is -1.52. The smallest absolute Gasteiger partial charge is 0.304 e. The van der Waals surface area contributed by atoms with Crippen LogP contribution in [0.2, 0.25) is 0 Å². The summed E-state index contributed by atoms with van der Waals surface area (Å²) in [7, 11) is 2.01. The number of nitrogens with zero attached hydrogens (tertiary/aromatic N) is 2. The molecule has 2 heterocycles. The minimum absolute atomic E-state index is 0.148. The van der Waals surface area contributed by atoms with Crippen molar-refractivity contribution in [3.63, 3.8) is 0 Å². The minimum Gasteiger partial charge on any atom is -0.304 e. The Kier molecular flexibility index (Phi) is 2.67. The fourth-order valence-electron chi connectivity index (χ4n) is 2.24. The van der Waals surface area contributed by atoms with E-state index in [0.717, 1.165) is 24.3 Å². The molecule has 2 atom stereocenters. The van der Waals surface area contributed by atoms with E-state index in [2.05, 4.69) is 4.90 Å². The van der Waals surface area contributed by atoms with Gasteiger partial charge in [0.25, 0.3) is 0 Å². The van der Waals surface area contributed by atoms with Crippen LogP contribution >= 0.6 is 0 Å². The molecular formula is C10H15N3O3. The summed E-state index contributed by atoms with van der Waals surface area (Å²) < 4.78 is 0. The second kappa shape index (κ2) is 3.86. The predicted molar refractivity (Wildman–Crippen MR) is 55.5 cm³/mol. The standard InChI is InChI=1S/C10H15N3O3/c1-6-5-7(3-4-12(6)2)13-9(15)8(14)11-10(13)16/h6-7H,3-5H2,1-2H3,(H,11,14,16). The Balaban J connectivity index is 2.11. The Morgan fingerprint density at radius 1 is 1.31 bits per heavy atom. The van der Waals surface area contributed by atoms with Gasteiger partial charge in [-0.25, -0.2) is 4.79 Å². The molecule has 4 amide bonds. The quantitative estimate of drug-likeness (QED) is 0.484. The molecule has 6 nitrogen and oxygen atoms in total. The monoisotopic (exact) mass is 225 g/mol. The highest BCUT2D eigenvalue weighted by atomic mass is 16.2. The first-order chi connectivity index (χ1) is 7.50. The number of piperidine rings is 1. The van der Waals surface area contributed by atoms with Crippen LogP contribution in [-0.4, -0.2) is 53.3 Å². The van der Waals surface area contributed by atoms with Crippen molar-refractivity contribution in [1.82, 2.24) is 15.1 Å². The number of carbonyl (C=O) groups is 3. The van der Waals surface area contributed by atoms with E-state index in [4.69, 9.17) is 0 Å². The Morgan fingerprint density at radius 3 is 2.50 bits per heavy atom. The second-order valence-corrected chi connectivity index (χ2v) is 4.44. The molecule has 0 aromatic carbocycles. The van der Waals surface area contributed by atoms with Gasteiger partial charge in [0, 0.05) is 18.6 Å². The average Bonchev–Trinajstić information content (AvgIpc) is 2.47. The number of amides is 4. The van der Waals surface area contributed by atoms with Crippen LogP contribution in [0, 0.1) is 0 Å². The lowest BCUT2D eigenvalue weighted by molar-refractivity contribution is -0.141. The van der Waals surface area contributed by atoms with Gasteiger partial charge in [-0.3, -0.25) is 19.8 Å². The summed E-state index contributed by atoms with van der Waals surface area (Å²) in [5.41, 5.74) is 0. The maximum Gasteiger partial charge on any atom is 0.331 e. The number of hydrogen-bond acceptors (Lipinski definition) is 4. The molecule has 0 aromatic rings. The first-order valence-corrected chi connectivity index (χ1v) is 5.39. The highest BCUT2D eigenvalue weighted by Gasteiger charge is 2.42. The predicted octanol–water partition coefficient (Wildman–Crippen LogP) is -0.452. The molecule has 2 unspecified atom stereocenters. The maximum absolute atomic E-state index is 11.5. The van der Waals surface area contributed by atoms with E-state index >= 15 is 0 Å². The van der Waals surface area contributed by atoms with Gasteiger partial charge in [0.1, 0.15) is 0 Å². The first kappa shape index (κ1) is 11.1. The van der Waals surface area contributed by atoms with E-state index in [1.807, 2.05) is 19.3 Å². The molecule has 16 heavy (non-hydrogen) atoms. The molecule has 2 aliphatic rings. The molecule has 0 saturated carbocycles. The Labute approximate surface area is 93.6 Å². The lowest BCUT2D eigenvalue weighted by Crippen LogP contribution is -2.49. The Hall–Kier alpha value is -1.43. The molecule has 2 saturated heterocycles. The normalized spacial score (nSPS) is 32.1. The lowest BCUT2D eigenvalue weighted by atomic mass is 9.98. The van der Waals surface area contributed by atoms with E-state index in [1.54, 1.807) is 0 Å². The maximum atomic E-state index is 11.5. The van der Waals surface area contributed by atoms with Crippen molar-refractivity contribution in [2.24, 2.45) is 0 Å². The zero-order chi connectivity index (χ0) is 11.9. The van der Waals surface area contributed by atoms with Gasteiger partial charge in [0.2, 0.25) is 0 Å². The van der Waals surface area contributed by atoms with Crippen molar-refractivity contribution in [3.05, 3.63) is 0 Å². The van der Waals surface area contributed by atoms with Crippen molar-refractivity contribution in [3.8, 4) is 0 Å². The van der Waals surface area contributed by atoms with Gasteiger partial charge in [-0.2, -0.15) is 0 Å². The molecule has 2 rings (SSSR count). The van der Waals surface area contributed by atoms with Crippen LogP contribution in [0.5, 0.6) is 0 Å². The molecule has 0 aliphatic carbocycles. The number of likely N-dealkylation sites (tertiary alicyclic amines) is 1. The first-order valence-electron chi connectivity index (χ1n) is 5.39. The van der Waals surface area contributed by atoms with Gasteiger partial charge in [0.15, 0.2) is 0 Å². The van der Waals surface area contributed by atoms with Gasteiger partial charge in [-0.1, -0.05) is 0 Å². The summed E-state index contributed by atoms with van der Waals surface area (Å²) in [6, 6.07) is -0.406. The fourth-order valence-corrected chi connectivity index (χ4v) is 2.24. The van der Waals surface area contributed by atoms with E-state index in [9.17, 15) is 14.4 Å². The van der Waals surface area contributed by atoms with Crippen molar-refractivity contribution in [2.75, 3.05) is 13.6 Å². The summed E-state index contributed by atoms with van der Waals surface area (Å²) in [6.07, 6.45) is 1.45. The number of carbonyl (C=O) groups excluding carboxylic acids is 3. The second-order valence-electron chi connectivity index (χ2n) is 4.44. The SMILES string of the molecule is CC1CC(N2C(=O)NC(=O)C2=O)CCN1C. The molecule has 88 valence electrons. The summed E-state index contributed by atoms with van der Waals surface area (Å²) in [4.78, 5) is 37.2. The van der Waals surface area contributed by atoms with Crippen molar-refractivity contribution >= 4 is 17.8 Å². The third-order valence-corrected chi connectivity index (χ3v) is 3.40. The average molecular weight is 225 g/mol. The number of rotatable bonds is 1. The topological polar surface area (TPSA) is 69.7 Å². The van der Waals surface area contributed by atoms with E-state index in [-0.39, 0.29) is 6.04 Å². The van der Waals surface area contributed by atoms with Gasteiger partial charge in [-0.05, 0) is 26.8 Å². The molecular weight excluding hydrogens is 210 g/mol. The number of imide groups is 2. The number of nitrogens with one attached hydrogen (secondary N) is 1. The minimum atomic E-state index is -0.809. The van der Waals surface area contributed by atoms with Crippen LogP contribution in [0.25, 0.3) is 0 Å². The van der Waals surface area contributed by atoms with E-state index in [1.165, 1.54) is 0 Å². The number of hydrogen-bond donors (Lipinski definition) is 1. The molecule has 2 fully saturated rings. The molecule has 0 bridgehead atoms. The summed E-state index contributed by atoms with van der Waals surface area (Å²) >= 11 is 0. The Morgan fingerprint density at radius 2 is 2.00 bits per heavy atom. The summed E-state index contributed by atoms with van der Waals surface area (Å²) in [5, 5.41) is 2.02. The van der Waals surface area contributed by atoms with Crippen molar-refractivity contribution in [2.45, 2.75) is 31.8 Å². The van der Waals surface area contributed by atoms with E-state index < -0.39 is 17.8 Å². The molecule has 0 radical (unpaired) electrons. The third-order valence-electron chi connectivity index (χ3n) is 3.40. The lowest BCUT2D eigenvalue weighted by Gasteiger charge is -2.37.